The van der Waals surface area contributed by atoms with Crippen molar-refractivity contribution in [3.05, 3.63) is 0 Å². The maximum Gasteiger partial charge on any atom is 0.153 e. The predicted molar refractivity (Wildman–Crippen MR) is 57.9 cm³/mol. The molecule has 1 saturated heterocycles. The number of aliphatic hydroxyl groups excluding tert-OH is 1. The highest BCUT2D eigenvalue weighted by Gasteiger charge is 2.31. The lowest BCUT2D eigenvalue weighted by atomic mass is 10.2. The number of amidine groups is 1. The second-order valence-corrected chi connectivity index (χ2v) is 4.33. The largest absolute Gasteiger partial charge is 0.409 e. The van der Waals surface area contributed by atoms with Crippen molar-refractivity contribution in [2.45, 2.75) is 18.6 Å². The summed E-state index contributed by atoms with van der Waals surface area (Å²) >= 11 is 0. The van der Waals surface area contributed by atoms with Gasteiger partial charge in [0, 0.05) is 19.1 Å². The minimum Gasteiger partial charge on any atom is -0.409 e. The normalized spacial score (nSPS) is 28.9. The number of likely N-dealkylation sites (tertiary alicyclic amines) is 1. The van der Waals surface area contributed by atoms with Gasteiger partial charge in [-0.2, -0.15) is 0 Å². The highest BCUT2D eigenvalue weighted by Crippen LogP contribution is 2.17. The number of likely N-dealkylation sites (N-methyl/N-ethyl adjacent to an activating group) is 1. The third-order valence-corrected chi connectivity index (χ3v) is 2.58. The number of nitrogens with two attached hydrogens (primary N) is 1. The molecule has 1 aliphatic rings. The zero-order valence-electron chi connectivity index (χ0n) is 9.30. The Bertz CT molecular complexity index is 232. The van der Waals surface area contributed by atoms with E-state index in [1.165, 1.54) is 0 Å². The average molecular weight is 216 g/mol. The number of hydrogen-bond donors (Lipinski definition) is 3. The van der Waals surface area contributed by atoms with E-state index in [1.807, 2.05) is 19.0 Å². The summed E-state index contributed by atoms with van der Waals surface area (Å²) in [7, 11) is 3.98. The van der Waals surface area contributed by atoms with Gasteiger partial charge >= 0.3 is 0 Å². The molecule has 0 aromatic carbocycles. The fourth-order valence-electron chi connectivity index (χ4n) is 2.00. The SMILES string of the molecule is CN(C)CC1CC(O)CN1CC(N)=NO. The van der Waals surface area contributed by atoms with Crippen LogP contribution < -0.4 is 5.73 Å². The molecule has 1 heterocycles. The molecule has 0 aromatic heterocycles. The molecule has 1 aliphatic heterocycles. The van der Waals surface area contributed by atoms with Crippen LogP contribution in [0.4, 0.5) is 0 Å². The monoisotopic (exact) mass is 216 g/mol. The van der Waals surface area contributed by atoms with Crippen molar-refractivity contribution in [2.24, 2.45) is 10.9 Å². The van der Waals surface area contributed by atoms with Crippen LogP contribution in [0, 0.1) is 0 Å². The molecule has 6 heteroatoms. The second kappa shape index (κ2) is 5.29. The second-order valence-electron chi connectivity index (χ2n) is 4.33. The molecule has 0 aromatic rings. The Morgan fingerprint density at radius 3 is 2.80 bits per heavy atom. The summed E-state index contributed by atoms with van der Waals surface area (Å²) < 4.78 is 0. The van der Waals surface area contributed by atoms with Crippen LogP contribution in [-0.4, -0.2) is 71.8 Å². The Hall–Kier alpha value is -0.850. The first-order chi connectivity index (χ1) is 7.02. The number of aliphatic hydroxyl groups is 1. The van der Waals surface area contributed by atoms with Gasteiger partial charge in [0.1, 0.15) is 0 Å². The van der Waals surface area contributed by atoms with Crippen molar-refractivity contribution in [2.75, 3.05) is 33.7 Å². The van der Waals surface area contributed by atoms with Crippen LogP contribution in [0.5, 0.6) is 0 Å². The first kappa shape index (κ1) is 12.2. The summed E-state index contributed by atoms with van der Waals surface area (Å²) in [6.45, 7) is 1.87. The number of hydrogen-bond acceptors (Lipinski definition) is 5. The molecule has 1 rings (SSSR count). The molecule has 15 heavy (non-hydrogen) atoms. The van der Waals surface area contributed by atoms with Crippen LogP contribution in [0.2, 0.25) is 0 Å². The third-order valence-electron chi connectivity index (χ3n) is 2.58. The van der Waals surface area contributed by atoms with Crippen LogP contribution in [0.1, 0.15) is 6.42 Å². The van der Waals surface area contributed by atoms with Crippen molar-refractivity contribution in [1.29, 1.82) is 0 Å². The molecule has 6 nitrogen and oxygen atoms in total. The van der Waals surface area contributed by atoms with Crippen molar-refractivity contribution in [1.82, 2.24) is 9.80 Å². The molecule has 2 atom stereocenters. The van der Waals surface area contributed by atoms with Gasteiger partial charge in [0.15, 0.2) is 5.84 Å². The lowest BCUT2D eigenvalue weighted by Crippen LogP contribution is -2.42. The van der Waals surface area contributed by atoms with E-state index in [0.717, 1.165) is 13.0 Å². The fourth-order valence-corrected chi connectivity index (χ4v) is 2.00. The van der Waals surface area contributed by atoms with Gasteiger partial charge in [-0.15, -0.1) is 0 Å². The zero-order chi connectivity index (χ0) is 11.4. The van der Waals surface area contributed by atoms with Gasteiger partial charge in [0.25, 0.3) is 0 Å². The minimum atomic E-state index is -0.304. The quantitative estimate of drug-likeness (QED) is 0.236. The number of rotatable bonds is 4. The number of oxime groups is 1. The summed E-state index contributed by atoms with van der Waals surface area (Å²) in [6.07, 6.45) is 0.443. The van der Waals surface area contributed by atoms with Crippen molar-refractivity contribution < 1.29 is 10.3 Å². The molecule has 0 aliphatic carbocycles. The van der Waals surface area contributed by atoms with E-state index in [9.17, 15) is 5.11 Å². The topological polar surface area (TPSA) is 85.3 Å². The van der Waals surface area contributed by atoms with Crippen LogP contribution >= 0.6 is 0 Å². The average Bonchev–Trinajstić information content (AvgIpc) is 2.45. The first-order valence-corrected chi connectivity index (χ1v) is 5.06. The molecule has 88 valence electrons. The third kappa shape index (κ3) is 3.65. The van der Waals surface area contributed by atoms with E-state index in [1.54, 1.807) is 0 Å². The van der Waals surface area contributed by atoms with Gasteiger partial charge in [0.2, 0.25) is 0 Å². The molecule has 2 unspecified atom stereocenters. The standard InChI is InChI=1S/C9H20N4O2/c1-12(2)4-7-3-8(14)5-13(7)6-9(10)11-15/h7-8,14-15H,3-6H2,1-2H3,(H2,10,11). The first-order valence-electron chi connectivity index (χ1n) is 5.06. The maximum atomic E-state index is 9.57. The van der Waals surface area contributed by atoms with E-state index in [-0.39, 0.29) is 18.0 Å². The molecular weight excluding hydrogens is 196 g/mol. The lowest BCUT2D eigenvalue weighted by Gasteiger charge is -2.25. The smallest absolute Gasteiger partial charge is 0.153 e. The molecule has 0 radical (unpaired) electrons. The van der Waals surface area contributed by atoms with Gasteiger partial charge in [0.05, 0.1) is 12.6 Å². The van der Waals surface area contributed by atoms with E-state index >= 15 is 0 Å². The summed E-state index contributed by atoms with van der Waals surface area (Å²) in [5.41, 5.74) is 5.45. The van der Waals surface area contributed by atoms with Crippen LogP contribution in [0.15, 0.2) is 5.16 Å². The van der Waals surface area contributed by atoms with E-state index < -0.39 is 0 Å². The Labute approximate surface area is 90.0 Å². The highest BCUT2D eigenvalue weighted by molar-refractivity contribution is 5.81. The van der Waals surface area contributed by atoms with E-state index in [2.05, 4.69) is 10.1 Å². The zero-order valence-corrected chi connectivity index (χ0v) is 9.30. The molecule has 1 fully saturated rings. The Morgan fingerprint density at radius 2 is 2.27 bits per heavy atom. The summed E-state index contributed by atoms with van der Waals surface area (Å²) in [5.74, 6) is 0.188. The Morgan fingerprint density at radius 1 is 1.60 bits per heavy atom. The molecule has 0 spiro atoms. The summed E-state index contributed by atoms with van der Waals surface area (Å²) in [6, 6.07) is 0.273. The Kier molecular flexibility index (Phi) is 4.31. The maximum absolute atomic E-state index is 9.57. The fraction of sp³-hybridized carbons (Fsp3) is 0.889. The van der Waals surface area contributed by atoms with Crippen molar-refractivity contribution >= 4 is 5.84 Å². The molecular formula is C9H20N4O2. The van der Waals surface area contributed by atoms with Crippen molar-refractivity contribution in [3.63, 3.8) is 0 Å². The van der Waals surface area contributed by atoms with Crippen LogP contribution in [-0.2, 0) is 0 Å². The van der Waals surface area contributed by atoms with Gasteiger partial charge in [-0.25, -0.2) is 0 Å². The lowest BCUT2D eigenvalue weighted by molar-refractivity contribution is 0.179. The minimum absolute atomic E-state index is 0.188. The molecule has 0 amide bonds. The molecule has 4 N–H and O–H groups in total. The van der Waals surface area contributed by atoms with E-state index in [4.69, 9.17) is 10.9 Å². The van der Waals surface area contributed by atoms with Crippen LogP contribution in [0.25, 0.3) is 0 Å². The van der Waals surface area contributed by atoms with Crippen LogP contribution in [0.3, 0.4) is 0 Å². The highest BCUT2D eigenvalue weighted by atomic mass is 16.4. The van der Waals surface area contributed by atoms with E-state index in [0.29, 0.717) is 13.1 Å². The van der Waals surface area contributed by atoms with Gasteiger partial charge in [-0.3, -0.25) is 4.90 Å². The van der Waals surface area contributed by atoms with Gasteiger partial charge < -0.3 is 20.9 Å². The van der Waals surface area contributed by atoms with Crippen molar-refractivity contribution in [3.8, 4) is 0 Å². The van der Waals surface area contributed by atoms with Gasteiger partial charge in [-0.1, -0.05) is 5.16 Å². The van der Waals surface area contributed by atoms with Gasteiger partial charge in [-0.05, 0) is 20.5 Å². The summed E-state index contributed by atoms with van der Waals surface area (Å²) in [5, 5.41) is 21.0. The number of nitrogens with zero attached hydrogens (tertiary/aromatic N) is 3. The molecule has 0 saturated carbocycles. The summed E-state index contributed by atoms with van der Waals surface area (Å²) in [4.78, 5) is 4.11. The Balaban J connectivity index is 2.52. The predicted octanol–water partition coefficient (Wildman–Crippen LogP) is -1.27. The molecule has 0 bridgehead atoms. The number of β-amino-alcohol motifs (C(OH)–C–C–N with tert-alkyl or cyclic N) is 1.